The molecule has 0 aliphatic carbocycles. The van der Waals surface area contributed by atoms with Crippen LogP contribution < -0.4 is 10.1 Å². The molecule has 3 rings (SSSR count). The molecule has 1 fully saturated rings. The molecule has 0 bridgehead atoms. The monoisotopic (exact) mass is 393 g/mol. The smallest absolute Gasteiger partial charge is 0.227 e. The molecule has 1 amide bonds. The SMILES string of the molecule is Cc1cc(Cl)cc(C)c1Oc1ccc(Cl)cc1NC(=O)C1CCOCC1. The number of hydrogen-bond acceptors (Lipinski definition) is 3. The number of amides is 1. The van der Waals surface area contributed by atoms with Crippen LogP contribution in [0.15, 0.2) is 30.3 Å². The summed E-state index contributed by atoms with van der Waals surface area (Å²) in [4.78, 5) is 12.6. The Labute approximate surface area is 163 Å². The molecule has 0 aromatic heterocycles. The first kappa shape index (κ1) is 19.0. The molecule has 1 heterocycles. The van der Waals surface area contributed by atoms with Crippen molar-refractivity contribution in [3.8, 4) is 11.5 Å². The molecular weight excluding hydrogens is 373 g/mol. The van der Waals surface area contributed by atoms with Crippen molar-refractivity contribution in [3.05, 3.63) is 51.5 Å². The van der Waals surface area contributed by atoms with Gasteiger partial charge in [0.25, 0.3) is 0 Å². The van der Waals surface area contributed by atoms with E-state index in [-0.39, 0.29) is 11.8 Å². The maximum atomic E-state index is 12.6. The quantitative estimate of drug-likeness (QED) is 0.717. The second kappa shape index (κ2) is 8.30. The highest BCUT2D eigenvalue weighted by Gasteiger charge is 2.23. The van der Waals surface area contributed by atoms with Crippen molar-refractivity contribution < 1.29 is 14.3 Å². The summed E-state index contributed by atoms with van der Waals surface area (Å²) in [6, 6.07) is 8.89. The molecule has 2 aromatic carbocycles. The molecule has 138 valence electrons. The highest BCUT2D eigenvalue weighted by Crippen LogP contribution is 2.36. The minimum atomic E-state index is -0.0606. The van der Waals surface area contributed by atoms with Gasteiger partial charge in [-0.25, -0.2) is 0 Å². The van der Waals surface area contributed by atoms with Crippen LogP contribution in [0, 0.1) is 19.8 Å². The summed E-state index contributed by atoms with van der Waals surface area (Å²) in [5, 5.41) is 4.16. The van der Waals surface area contributed by atoms with Gasteiger partial charge in [0, 0.05) is 29.2 Å². The zero-order valence-electron chi connectivity index (χ0n) is 14.8. The van der Waals surface area contributed by atoms with Gasteiger partial charge in [0.2, 0.25) is 5.91 Å². The second-order valence-electron chi connectivity index (χ2n) is 6.49. The van der Waals surface area contributed by atoms with Crippen LogP contribution in [-0.4, -0.2) is 19.1 Å². The third-order valence-corrected chi connectivity index (χ3v) is 4.88. The summed E-state index contributed by atoms with van der Waals surface area (Å²) in [6.45, 7) is 5.09. The summed E-state index contributed by atoms with van der Waals surface area (Å²) in [5.74, 6) is 1.17. The van der Waals surface area contributed by atoms with Crippen molar-refractivity contribution in [2.75, 3.05) is 18.5 Å². The molecule has 0 spiro atoms. The number of benzene rings is 2. The first-order valence-electron chi connectivity index (χ1n) is 8.57. The Hall–Kier alpha value is -1.75. The first-order valence-corrected chi connectivity index (χ1v) is 9.32. The van der Waals surface area contributed by atoms with E-state index in [4.69, 9.17) is 32.7 Å². The lowest BCUT2D eigenvalue weighted by molar-refractivity contribution is -0.122. The lowest BCUT2D eigenvalue weighted by atomic mass is 9.99. The molecule has 4 nitrogen and oxygen atoms in total. The van der Waals surface area contributed by atoms with E-state index in [2.05, 4.69) is 5.32 Å². The van der Waals surface area contributed by atoms with Crippen molar-refractivity contribution >= 4 is 34.8 Å². The molecule has 2 aromatic rings. The lowest BCUT2D eigenvalue weighted by Gasteiger charge is -2.22. The molecule has 0 unspecified atom stereocenters. The molecular formula is C20H21Cl2NO3. The maximum absolute atomic E-state index is 12.6. The van der Waals surface area contributed by atoms with Crippen molar-refractivity contribution in [3.63, 3.8) is 0 Å². The molecule has 1 aliphatic rings. The predicted molar refractivity (Wildman–Crippen MR) is 105 cm³/mol. The van der Waals surface area contributed by atoms with Gasteiger partial charge in [0.1, 0.15) is 5.75 Å². The van der Waals surface area contributed by atoms with Gasteiger partial charge in [0.05, 0.1) is 5.69 Å². The van der Waals surface area contributed by atoms with Crippen molar-refractivity contribution in [1.82, 2.24) is 0 Å². The van der Waals surface area contributed by atoms with Gasteiger partial charge >= 0.3 is 0 Å². The van der Waals surface area contributed by atoms with E-state index < -0.39 is 0 Å². The largest absolute Gasteiger partial charge is 0.455 e. The molecule has 0 radical (unpaired) electrons. The van der Waals surface area contributed by atoms with Crippen LogP contribution in [-0.2, 0) is 9.53 Å². The molecule has 0 atom stereocenters. The van der Waals surface area contributed by atoms with Gasteiger partial charge < -0.3 is 14.8 Å². The van der Waals surface area contributed by atoms with Crippen LogP contribution in [0.1, 0.15) is 24.0 Å². The molecule has 1 saturated heterocycles. The van der Waals surface area contributed by atoms with Gasteiger partial charge in [-0.2, -0.15) is 0 Å². The summed E-state index contributed by atoms with van der Waals surface area (Å²) in [7, 11) is 0. The van der Waals surface area contributed by atoms with Crippen LogP contribution in [0.2, 0.25) is 10.0 Å². The summed E-state index contributed by atoms with van der Waals surface area (Å²) in [5.41, 5.74) is 2.40. The standard InChI is InChI=1S/C20H21Cl2NO3/c1-12-9-16(22)10-13(2)19(12)26-18-4-3-15(21)11-17(18)23-20(24)14-5-7-25-8-6-14/h3-4,9-11,14H,5-8H2,1-2H3,(H,23,24). The van der Waals surface area contributed by atoms with Crippen molar-refractivity contribution in [1.29, 1.82) is 0 Å². The Bertz CT molecular complexity index is 794. The molecule has 26 heavy (non-hydrogen) atoms. The summed E-state index contributed by atoms with van der Waals surface area (Å²) < 4.78 is 11.4. The van der Waals surface area contributed by atoms with Gasteiger partial charge in [-0.1, -0.05) is 23.2 Å². The molecule has 6 heteroatoms. The van der Waals surface area contributed by atoms with Crippen LogP contribution >= 0.6 is 23.2 Å². The van der Waals surface area contributed by atoms with Crippen molar-refractivity contribution in [2.45, 2.75) is 26.7 Å². The van der Waals surface area contributed by atoms with Gasteiger partial charge in [-0.05, 0) is 68.1 Å². The lowest BCUT2D eigenvalue weighted by Crippen LogP contribution is -2.28. The predicted octanol–water partition coefficient (Wildman–Crippen LogP) is 5.77. The summed E-state index contributed by atoms with van der Waals surface area (Å²) in [6.07, 6.45) is 1.44. The third-order valence-electron chi connectivity index (χ3n) is 4.43. The second-order valence-corrected chi connectivity index (χ2v) is 7.36. The Morgan fingerprint density at radius 3 is 2.38 bits per heavy atom. The molecule has 1 N–H and O–H groups in total. The topological polar surface area (TPSA) is 47.6 Å². The summed E-state index contributed by atoms with van der Waals surface area (Å²) >= 11 is 12.2. The average Bonchev–Trinajstić information content (AvgIpc) is 2.60. The van der Waals surface area contributed by atoms with E-state index in [1.165, 1.54) is 0 Å². The van der Waals surface area contributed by atoms with E-state index in [0.29, 0.717) is 34.7 Å². The van der Waals surface area contributed by atoms with Gasteiger partial charge in [0.15, 0.2) is 5.75 Å². The number of carbonyl (C=O) groups excluding carboxylic acids is 1. The molecule has 1 aliphatic heterocycles. The fourth-order valence-corrected chi connectivity index (χ4v) is 3.55. The number of hydrogen-bond donors (Lipinski definition) is 1. The fourth-order valence-electron chi connectivity index (χ4n) is 3.05. The van der Waals surface area contributed by atoms with E-state index in [9.17, 15) is 4.79 Å². The number of ether oxygens (including phenoxy) is 2. The van der Waals surface area contributed by atoms with Crippen LogP contribution in [0.4, 0.5) is 5.69 Å². The minimum absolute atomic E-state index is 0.0371. The van der Waals surface area contributed by atoms with E-state index >= 15 is 0 Å². The van der Waals surface area contributed by atoms with Crippen LogP contribution in [0.5, 0.6) is 11.5 Å². The minimum Gasteiger partial charge on any atom is -0.455 e. The number of carbonyl (C=O) groups is 1. The normalized spacial score (nSPS) is 14.9. The number of aryl methyl sites for hydroxylation is 2. The average molecular weight is 394 g/mol. The van der Waals surface area contributed by atoms with Crippen LogP contribution in [0.3, 0.4) is 0 Å². The third kappa shape index (κ3) is 4.50. The van der Waals surface area contributed by atoms with Gasteiger partial charge in [-0.15, -0.1) is 0 Å². The number of nitrogens with one attached hydrogen (secondary N) is 1. The fraction of sp³-hybridized carbons (Fsp3) is 0.350. The zero-order chi connectivity index (χ0) is 18.7. The highest BCUT2D eigenvalue weighted by atomic mass is 35.5. The van der Waals surface area contributed by atoms with Crippen LogP contribution in [0.25, 0.3) is 0 Å². The number of anilines is 1. The Morgan fingerprint density at radius 2 is 1.73 bits per heavy atom. The Balaban J connectivity index is 1.85. The Kier molecular flexibility index (Phi) is 6.07. The van der Waals surface area contributed by atoms with E-state index in [0.717, 1.165) is 29.7 Å². The van der Waals surface area contributed by atoms with E-state index in [1.54, 1.807) is 18.2 Å². The number of rotatable bonds is 4. The highest BCUT2D eigenvalue weighted by molar-refractivity contribution is 6.31. The Morgan fingerprint density at radius 1 is 1.08 bits per heavy atom. The van der Waals surface area contributed by atoms with E-state index in [1.807, 2.05) is 26.0 Å². The molecule has 0 saturated carbocycles. The number of halogens is 2. The maximum Gasteiger partial charge on any atom is 0.227 e. The van der Waals surface area contributed by atoms with Gasteiger partial charge in [-0.3, -0.25) is 4.79 Å². The first-order chi connectivity index (χ1) is 12.4. The zero-order valence-corrected chi connectivity index (χ0v) is 16.3. The van der Waals surface area contributed by atoms with Crippen molar-refractivity contribution in [2.24, 2.45) is 5.92 Å².